The van der Waals surface area contributed by atoms with Crippen LogP contribution in [-0.2, 0) is 0 Å². The van der Waals surface area contributed by atoms with E-state index in [2.05, 4.69) is 46.9 Å². The molecule has 1 aliphatic heterocycles. The predicted octanol–water partition coefficient (Wildman–Crippen LogP) is 4.52. The largest absolute Gasteiger partial charge is 0.309 e. The van der Waals surface area contributed by atoms with Crippen LogP contribution in [0.15, 0.2) is 22.7 Å². The van der Waals surface area contributed by atoms with Crippen LogP contribution in [0.5, 0.6) is 0 Å². The van der Waals surface area contributed by atoms with Gasteiger partial charge in [-0.3, -0.25) is 0 Å². The highest BCUT2D eigenvalue weighted by Gasteiger charge is 2.29. The lowest BCUT2D eigenvalue weighted by atomic mass is 10.0. The Bertz CT molecular complexity index is 418. The Kier molecular flexibility index (Phi) is 4.73. The molecule has 1 saturated heterocycles. The van der Waals surface area contributed by atoms with Gasteiger partial charge >= 0.3 is 0 Å². The van der Waals surface area contributed by atoms with Crippen LogP contribution in [0.4, 0.5) is 4.39 Å². The molecule has 0 bridgehead atoms. The van der Waals surface area contributed by atoms with Gasteiger partial charge in [-0.05, 0) is 50.1 Å². The third-order valence-electron chi connectivity index (χ3n) is 3.51. The molecule has 18 heavy (non-hydrogen) atoms. The molecule has 2 rings (SSSR count). The van der Waals surface area contributed by atoms with Gasteiger partial charge in [0.15, 0.2) is 0 Å². The van der Waals surface area contributed by atoms with Gasteiger partial charge in [-0.25, -0.2) is 4.39 Å². The molecule has 1 aromatic carbocycles. The molecule has 1 nitrogen and oxygen atoms in total. The molecule has 0 amide bonds. The van der Waals surface area contributed by atoms with Crippen LogP contribution in [0, 0.1) is 5.82 Å². The molecule has 100 valence electrons. The van der Waals surface area contributed by atoms with Crippen molar-refractivity contribution in [2.45, 2.75) is 37.5 Å². The minimum Gasteiger partial charge on any atom is -0.309 e. The predicted molar refractivity (Wildman–Crippen MR) is 80.6 cm³/mol. The van der Waals surface area contributed by atoms with Crippen molar-refractivity contribution in [3.63, 3.8) is 0 Å². The summed E-state index contributed by atoms with van der Waals surface area (Å²) < 4.78 is 14.3. The fourth-order valence-electron chi connectivity index (χ4n) is 2.31. The van der Waals surface area contributed by atoms with Crippen LogP contribution < -0.4 is 5.32 Å². The molecule has 0 radical (unpaired) electrons. The topological polar surface area (TPSA) is 12.0 Å². The first-order chi connectivity index (χ1) is 8.50. The molecule has 0 saturated carbocycles. The average Bonchev–Trinajstić information content (AvgIpc) is 2.74. The van der Waals surface area contributed by atoms with Crippen molar-refractivity contribution < 1.29 is 4.39 Å². The van der Waals surface area contributed by atoms with Crippen LogP contribution in [0.25, 0.3) is 0 Å². The number of nitrogens with one attached hydrogen (secondary N) is 1. The van der Waals surface area contributed by atoms with Gasteiger partial charge in [0.25, 0.3) is 0 Å². The highest BCUT2D eigenvalue weighted by molar-refractivity contribution is 9.10. The van der Waals surface area contributed by atoms with E-state index < -0.39 is 0 Å². The number of hydrogen-bond acceptors (Lipinski definition) is 2. The van der Waals surface area contributed by atoms with Crippen LogP contribution in [0.1, 0.15) is 38.3 Å². The van der Waals surface area contributed by atoms with Crippen molar-refractivity contribution in [1.29, 1.82) is 0 Å². The van der Waals surface area contributed by atoms with Gasteiger partial charge in [-0.2, -0.15) is 11.8 Å². The maximum atomic E-state index is 13.0. The summed E-state index contributed by atoms with van der Waals surface area (Å²) in [6.07, 6.45) is 2.60. The molecule has 0 aliphatic carbocycles. The van der Waals surface area contributed by atoms with E-state index in [0.29, 0.717) is 4.75 Å². The van der Waals surface area contributed by atoms with Gasteiger partial charge in [0.2, 0.25) is 0 Å². The zero-order valence-electron chi connectivity index (χ0n) is 10.8. The lowest BCUT2D eigenvalue weighted by molar-refractivity contribution is 0.489. The minimum atomic E-state index is -0.198. The first-order valence-corrected chi connectivity index (χ1v) is 8.10. The van der Waals surface area contributed by atoms with Crippen molar-refractivity contribution in [3.05, 3.63) is 34.1 Å². The van der Waals surface area contributed by atoms with Crippen molar-refractivity contribution in [2.24, 2.45) is 0 Å². The maximum absolute atomic E-state index is 13.0. The normalized spacial score (nSPS) is 25.3. The van der Waals surface area contributed by atoms with Crippen LogP contribution in [0.3, 0.4) is 0 Å². The maximum Gasteiger partial charge on any atom is 0.124 e. The molecule has 2 atom stereocenters. The molecule has 1 heterocycles. The highest BCUT2D eigenvalue weighted by atomic mass is 79.9. The van der Waals surface area contributed by atoms with E-state index in [4.69, 9.17) is 0 Å². The Labute approximate surface area is 121 Å². The monoisotopic (exact) mass is 331 g/mol. The molecule has 0 aromatic heterocycles. The highest BCUT2D eigenvalue weighted by Crippen LogP contribution is 2.37. The fraction of sp³-hybridized carbons (Fsp3) is 0.571. The Morgan fingerprint density at radius 2 is 2.33 bits per heavy atom. The molecule has 1 N–H and O–H groups in total. The number of hydrogen-bond donors (Lipinski definition) is 1. The molecular weight excluding hydrogens is 313 g/mol. The third kappa shape index (κ3) is 3.49. The van der Waals surface area contributed by atoms with E-state index in [0.717, 1.165) is 16.6 Å². The lowest BCUT2D eigenvalue weighted by Gasteiger charge is -2.26. The van der Waals surface area contributed by atoms with Gasteiger partial charge < -0.3 is 5.32 Å². The molecule has 0 spiro atoms. The summed E-state index contributed by atoms with van der Waals surface area (Å²) in [6.45, 7) is 5.45. The number of halogens is 2. The van der Waals surface area contributed by atoms with Gasteiger partial charge in [0, 0.05) is 21.8 Å². The van der Waals surface area contributed by atoms with E-state index in [9.17, 15) is 4.39 Å². The first-order valence-electron chi connectivity index (χ1n) is 6.32. The summed E-state index contributed by atoms with van der Waals surface area (Å²) >= 11 is 5.48. The summed E-state index contributed by atoms with van der Waals surface area (Å²) in [7, 11) is 0. The van der Waals surface area contributed by atoms with E-state index >= 15 is 0 Å². The Hall–Kier alpha value is -0.0600. The Balaban J connectivity index is 1.97. The van der Waals surface area contributed by atoms with Crippen molar-refractivity contribution in [3.8, 4) is 0 Å². The first kappa shape index (κ1) is 14.4. The van der Waals surface area contributed by atoms with Crippen LogP contribution in [-0.4, -0.2) is 17.0 Å². The number of rotatable bonds is 4. The number of benzene rings is 1. The minimum absolute atomic E-state index is 0.198. The zero-order valence-corrected chi connectivity index (χ0v) is 13.2. The van der Waals surface area contributed by atoms with Gasteiger partial charge in [-0.15, -0.1) is 0 Å². The SMILES string of the molecule is CC(NCC1(C)CCCS1)c1ccc(F)cc1Br. The molecule has 1 aliphatic rings. The van der Waals surface area contributed by atoms with Gasteiger partial charge in [0.1, 0.15) is 5.82 Å². The summed E-state index contributed by atoms with van der Waals surface area (Å²) in [4.78, 5) is 0. The number of thioether (sulfide) groups is 1. The lowest BCUT2D eigenvalue weighted by Crippen LogP contribution is -2.34. The molecule has 2 unspecified atom stereocenters. The summed E-state index contributed by atoms with van der Waals surface area (Å²) in [6, 6.07) is 5.13. The smallest absolute Gasteiger partial charge is 0.124 e. The summed E-state index contributed by atoms with van der Waals surface area (Å²) in [5, 5.41) is 3.57. The Morgan fingerprint density at radius 3 is 2.94 bits per heavy atom. The summed E-state index contributed by atoms with van der Waals surface area (Å²) in [5.74, 6) is 1.07. The van der Waals surface area contributed by atoms with Crippen LogP contribution >= 0.6 is 27.7 Å². The quantitative estimate of drug-likeness (QED) is 0.870. The fourth-order valence-corrected chi connectivity index (χ4v) is 4.26. The standard InChI is InChI=1S/C14H19BrFNS/c1-10(12-5-4-11(16)8-13(12)15)17-9-14(2)6-3-7-18-14/h4-5,8,10,17H,3,6-7,9H2,1-2H3. The average molecular weight is 332 g/mol. The van der Waals surface area contributed by atoms with E-state index in [1.165, 1.54) is 30.7 Å². The van der Waals surface area contributed by atoms with Crippen molar-refractivity contribution in [2.75, 3.05) is 12.3 Å². The molecule has 4 heteroatoms. The second-order valence-corrected chi connectivity index (χ2v) is 7.71. The van der Waals surface area contributed by atoms with Crippen LogP contribution in [0.2, 0.25) is 0 Å². The zero-order chi connectivity index (χ0) is 13.2. The van der Waals surface area contributed by atoms with E-state index in [1.807, 2.05) is 6.07 Å². The Morgan fingerprint density at radius 1 is 1.56 bits per heavy atom. The molecular formula is C14H19BrFNS. The van der Waals surface area contributed by atoms with Gasteiger partial charge in [-0.1, -0.05) is 22.0 Å². The molecule has 1 aromatic rings. The van der Waals surface area contributed by atoms with Gasteiger partial charge in [0.05, 0.1) is 0 Å². The van der Waals surface area contributed by atoms with Crippen molar-refractivity contribution in [1.82, 2.24) is 5.32 Å². The molecule has 1 fully saturated rings. The van der Waals surface area contributed by atoms with E-state index in [-0.39, 0.29) is 11.9 Å². The third-order valence-corrected chi connectivity index (χ3v) is 5.74. The van der Waals surface area contributed by atoms with Crippen molar-refractivity contribution >= 4 is 27.7 Å². The van der Waals surface area contributed by atoms with E-state index in [1.54, 1.807) is 0 Å². The summed E-state index contributed by atoms with van der Waals surface area (Å²) in [5.41, 5.74) is 1.11. The second kappa shape index (κ2) is 5.93. The second-order valence-electron chi connectivity index (χ2n) is 5.17.